The second-order valence-electron chi connectivity index (χ2n) is 4.38. The van der Waals surface area contributed by atoms with Crippen molar-refractivity contribution in [1.29, 1.82) is 0 Å². The second kappa shape index (κ2) is 7.50. The molecule has 5 nitrogen and oxygen atoms in total. The van der Waals surface area contributed by atoms with Crippen molar-refractivity contribution in [1.82, 2.24) is 10.3 Å². The van der Waals surface area contributed by atoms with Gasteiger partial charge in [0.2, 0.25) is 0 Å². The van der Waals surface area contributed by atoms with Crippen LogP contribution >= 0.6 is 11.6 Å². The smallest absolute Gasteiger partial charge is 0.254 e. The number of carbonyl (C=O) groups is 1. The molecule has 0 aliphatic carbocycles. The zero-order valence-electron chi connectivity index (χ0n) is 11.4. The number of halogens is 1. The predicted octanol–water partition coefficient (Wildman–Crippen LogP) is 2.52. The first kappa shape index (κ1) is 15.1. The third-order valence-corrected chi connectivity index (χ3v) is 3.02. The standard InChI is InChI=1S/C15H16ClN3O2/c16-14-13(9-11(17)10-19-14)15(20)18-7-4-8-21-12-5-2-1-3-6-12/h1-3,5-6,9-10H,4,7-8,17H2,(H,18,20). The van der Waals surface area contributed by atoms with Crippen molar-refractivity contribution in [2.45, 2.75) is 6.42 Å². The summed E-state index contributed by atoms with van der Waals surface area (Å²) in [6.07, 6.45) is 2.10. The lowest BCUT2D eigenvalue weighted by Gasteiger charge is -2.08. The van der Waals surface area contributed by atoms with Crippen molar-refractivity contribution >= 4 is 23.2 Å². The third-order valence-electron chi connectivity index (χ3n) is 2.72. The van der Waals surface area contributed by atoms with E-state index in [1.165, 1.54) is 12.3 Å². The highest BCUT2D eigenvalue weighted by Crippen LogP contribution is 2.15. The summed E-state index contributed by atoms with van der Waals surface area (Å²) in [4.78, 5) is 15.8. The number of benzene rings is 1. The summed E-state index contributed by atoms with van der Waals surface area (Å²) in [7, 11) is 0. The first-order valence-corrected chi connectivity index (χ1v) is 6.91. The molecule has 110 valence electrons. The Labute approximate surface area is 128 Å². The highest BCUT2D eigenvalue weighted by atomic mass is 35.5. The van der Waals surface area contributed by atoms with E-state index in [-0.39, 0.29) is 16.6 Å². The van der Waals surface area contributed by atoms with Gasteiger partial charge in [-0.05, 0) is 24.6 Å². The van der Waals surface area contributed by atoms with Crippen LogP contribution in [0.1, 0.15) is 16.8 Å². The number of anilines is 1. The van der Waals surface area contributed by atoms with Gasteiger partial charge >= 0.3 is 0 Å². The van der Waals surface area contributed by atoms with Gasteiger partial charge in [0.25, 0.3) is 5.91 Å². The molecule has 0 unspecified atom stereocenters. The topological polar surface area (TPSA) is 77.2 Å². The fourth-order valence-corrected chi connectivity index (χ4v) is 1.89. The van der Waals surface area contributed by atoms with E-state index in [2.05, 4.69) is 10.3 Å². The van der Waals surface area contributed by atoms with Gasteiger partial charge in [0.15, 0.2) is 0 Å². The van der Waals surface area contributed by atoms with Crippen molar-refractivity contribution in [3.05, 3.63) is 53.3 Å². The third kappa shape index (κ3) is 4.65. The van der Waals surface area contributed by atoms with Crippen LogP contribution in [0.2, 0.25) is 5.15 Å². The Morgan fingerprint density at radius 2 is 2.10 bits per heavy atom. The van der Waals surface area contributed by atoms with Gasteiger partial charge in [0.1, 0.15) is 10.9 Å². The number of amides is 1. The van der Waals surface area contributed by atoms with Gasteiger partial charge in [-0.15, -0.1) is 0 Å². The normalized spacial score (nSPS) is 10.1. The summed E-state index contributed by atoms with van der Waals surface area (Å²) in [5.41, 5.74) is 6.26. The Balaban J connectivity index is 1.73. The van der Waals surface area contributed by atoms with Crippen LogP contribution in [-0.2, 0) is 0 Å². The molecule has 0 radical (unpaired) electrons. The molecule has 0 aliphatic heterocycles. The molecule has 1 heterocycles. The van der Waals surface area contributed by atoms with E-state index >= 15 is 0 Å². The monoisotopic (exact) mass is 305 g/mol. The van der Waals surface area contributed by atoms with Crippen LogP contribution in [0.3, 0.4) is 0 Å². The molecule has 2 rings (SSSR count). The zero-order chi connectivity index (χ0) is 15.1. The molecule has 1 aromatic heterocycles. The largest absolute Gasteiger partial charge is 0.494 e. The lowest BCUT2D eigenvalue weighted by atomic mass is 10.2. The molecule has 0 atom stereocenters. The van der Waals surface area contributed by atoms with E-state index in [0.717, 1.165) is 5.75 Å². The number of para-hydroxylation sites is 1. The van der Waals surface area contributed by atoms with E-state index < -0.39 is 0 Å². The van der Waals surface area contributed by atoms with Gasteiger partial charge in [-0.2, -0.15) is 0 Å². The molecule has 6 heteroatoms. The van der Waals surface area contributed by atoms with Crippen molar-refractivity contribution < 1.29 is 9.53 Å². The van der Waals surface area contributed by atoms with Crippen molar-refractivity contribution in [2.75, 3.05) is 18.9 Å². The number of rotatable bonds is 6. The van der Waals surface area contributed by atoms with Gasteiger partial charge < -0.3 is 15.8 Å². The molecule has 0 bridgehead atoms. The lowest BCUT2D eigenvalue weighted by Crippen LogP contribution is -2.26. The molecule has 0 aliphatic rings. The molecule has 2 aromatic rings. The maximum atomic E-state index is 11.9. The lowest BCUT2D eigenvalue weighted by molar-refractivity contribution is 0.0951. The van der Waals surface area contributed by atoms with E-state index in [1.54, 1.807) is 0 Å². The number of carbonyl (C=O) groups excluding carboxylic acids is 1. The van der Waals surface area contributed by atoms with Crippen molar-refractivity contribution in [3.8, 4) is 5.75 Å². The molecular weight excluding hydrogens is 290 g/mol. The second-order valence-corrected chi connectivity index (χ2v) is 4.74. The minimum Gasteiger partial charge on any atom is -0.494 e. The average Bonchev–Trinajstić information content (AvgIpc) is 2.50. The SMILES string of the molecule is Nc1cnc(Cl)c(C(=O)NCCCOc2ccccc2)c1. The Kier molecular flexibility index (Phi) is 5.40. The minimum absolute atomic E-state index is 0.141. The molecule has 0 saturated heterocycles. The van der Waals surface area contributed by atoms with E-state index in [0.29, 0.717) is 25.3 Å². The number of nitrogens with one attached hydrogen (secondary N) is 1. The fraction of sp³-hybridized carbons (Fsp3) is 0.200. The summed E-state index contributed by atoms with van der Waals surface area (Å²) in [5, 5.41) is 2.90. The number of hydrogen-bond acceptors (Lipinski definition) is 4. The average molecular weight is 306 g/mol. The van der Waals surface area contributed by atoms with Crippen molar-refractivity contribution in [2.24, 2.45) is 0 Å². The van der Waals surface area contributed by atoms with Crippen LogP contribution in [-0.4, -0.2) is 24.0 Å². The van der Waals surface area contributed by atoms with Crippen LogP contribution in [0.5, 0.6) is 5.75 Å². The zero-order valence-corrected chi connectivity index (χ0v) is 12.1. The maximum Gasteiger partial charge on any atom is 0.254 e. The summed E-state index contributed by atoms with van der Waals surface area (Å²) in [5.74, 6) is 0.520. The molecule has 3 N–H and O–H groups in total. The molecule has 0 saturated carbocycles. The van der Waals surface area contributed by atoms with Gasteiger partial charge in [0, 0.05) is 6.54 Å². The van der Waals surface area contributed by atoms with Gasteiger partial charge in [-0.1, -0.05) is 29.8 Å². The van der Waals surface area contributed by atoms with Crippen LogP contribution in [0.4, 0.5) is 5.69 Å². The number of aromatic nitrogens is 1. The molecule has 0 spiro atoms. The molecule has 1 amide bonds. The first-order chi connectivity index (χ1) is 10.2. The first-order valence-electron chi connectivity index (χ1n) is 6.54. The highest BCUT2D eigenvalue weighted by molar-refractivity contribution is 6.32. The highest BCUT2D eigenvalue weighted by Gasteiger charge is 2.11. The van der Waals surface area contributed by atoms with Gasteiger partial charge in [-0.3, -0.25) is 4.79 Å². The summed E-state index contributed by atoms with van der Waals surface area (Å²) < 4.78 is 5.53. The number of nitrogen functional groups attached to an aromatic ring is 1. The fourth-order valence-electron chi connectivity index (χ4n) is 1.70. The Hall–Kier alpha value is -2.27. The molecule has 0 fully saturated rings. The number of pyridine rings is 1. The Morgan fingerprint density at radius 3 is 2.86 bits per heavy atom. The Bertz CT molecular complexity index is 605. The van der Waals surface area contributed by atoms with Crippen molar-refractivity contribution in [3.63, 3.8) is 0 Å². The Morgan fingerprint density at radius 1 is 1.33 bits per heavy atom. The predicted molar refractivity (Wildman–Crippen MR) is 82.5 cm³/mol. The summed E-state index contributed by atoms with van der Waals surface area (Å²) in [6.45, 7) is 1.00. The van der Waals surface area contributed by atoms with E-state index in [1.807, 2.05) is 30.3 Å². The molecule has 1 aromatic carbocycles. The number of nitrogens with zero attached hydrogens (tertiary/aromatic N) is 1. The van der Waals surface area contributed by atoms with Crippen LogP contribution in [0, 0.1) is 0 Å². The van der Waals surface area contributed by atoms with E-state index in [9.17, 15) is 4.79 Å². The van der Waals surface area contributed by atoms with Gasteiger partial charge in [-0.25, -0.2) is 4.98 Å². The van der Waals surface area contributed by atoms with E-state index in [4.69, 9.17) is 22.1 Å². The van der Waals surface area contributed by atoms with Crippen LogP contribution < -0.4 is 15.8 Å². The number of hydrogen-bond donors (Lipinski definition) is 2. The number of ether oxygens (including phenoxy) is 1. The van der Waals surface area contributed by atoms with Gasteiger partial charge in [0.05, 0.1) is 24.1 Å². The number of nitrogens with two attached hydrogens (primary N) is 1. The summed E-state index contributed by atoms with van der Waals surface area (Å²) in [6, 6.07) is 11.0. The quantitative estimate of drug-likeness (QED) is 0.635. The molecular formula is C15H16ClN3O2. The minimum atomic E-state index is -0.292. The maximum absolute atomic E-state index is 11.9. The summed E-state index contributed by atoms with van der Waals surface area (Å²) >= 11 is 5.86. The molecule has 21 heavy (non-hydrogen) atoms. The van der Waals surface area contributed by atoms with Crippen LogP contribution in [0.15, 0.2) is 42.6 Å². The van der Waals surface area contributed by atoms with Crippen LogP contribution in [0.25, 0.3) is 0 Å².